The molecule has 2 atom stereocenters. The van der Waals surface area contributed by atoms with Gasteiger partial charge in [0.05, 0.1) is 28.5 Å². The van der Waals surface area contributed by atoms with E-state index >= 15 is 0 Å². The fourth-order valence-electron chi connectivity index (χ4n) is 5.26. The number of nitrogens with one attached hydrogen (secondary N) is 1. The van der Waals surface area contributed by atoms with E-state index in [9.17, 15) is 18.0 Å². The zero-order valence-electron chi connectivity index (χ0n) is 20.6. The first-order valence-electron chi connectivity index (χ1n) is 12.4. The normalized spacial score (nSPS) is 18.4. The van der Waals surface area contributed by atoms with Gasteiger partial charge in [-0.1, -0.05) is 12.1 Å². The lowest BCUT2D eigenvalue weighted by molar-refractivity contribution is -0.137. The maximum absolute atomic E-state index is 13.2. The van der Waals surface area contributed by atoms with Gasteiger partial charge in [0.2, 0.25) is 5.95 Å². The summed E-state index contributed by atoms with van der Waals surface area (Å²) in [6, 6.07) is 14.7. The van der Waals surface area contributed by atoms with Crippen LogP contribution in [0.4, 0.5) is 36.2 Å². The Balaban J connectivity index is 1.12. The summed E-state index contributed by atoms with van der Waals surface area (Å²) in [5.41, 5.74) is 9.02. The summed E-state index contributed by atoms with van der Waals surface area (Å²) < 4.78 is 39.5. The first-order valence-corrected chi connectivity index (χ1v) is 12.4. The largest absolute Gasteiger partial charge is 0.416 e. The van der Waals surface area contributed by atoms with Crippen LogP contribution in [0.5, 0.6) is 0 Å². The number of nitrogens with two attached hydrogens (primary N) is 1. The van der Waals surface area contributed by atoms with Gasteiger partial charge in [0, 0.05) is 49.6 Å². The van der Waals surface area contributed by atoms with Crippen molar-refractivity contribution < 1.29 is 18.0 Å². The molecule has 198 valence electrons. The molecule has 2 saturated heterocycles. The van der Waals surface area contributed by atoms with E-state index in [1.807, 2.05) is 28.0 Å². The third-order valence-corrected chi connectivity index (χ3v) is 7.22. The van der Waals surface area contributed by atoms with Gasteiger partial charge in [0.1, 0.15) is 0 Å². The molecule has 0 radical (unpaired) electrons. The first-order chi connectivity index (χ1) is 18.8. The average Bonchev–Trinajstić information content (AvgIpc) is 3.56. The highest BCUT2D eigenvalue weighted by molar-refractivity contribution is 6.05. The van der Waals surface area contributed by atoms with Crippen LogP contribution in [0.2, 0.25) is 0 Å². The third kappa shape index (κ3) is 4.83. The number of benzene rings is 2. The molecule has 4 aromatic rings. The van der Waals surface area contributed by atoms with E-state index in [0.717, 1.165) is 23.6 Å². The minimum absolute atomic E-state index is 0.0562. The number of halogens is 3. The number of anilines is 4. The second kappa shape index (κ2) is 9.57. The highest BCUT2D eigenvalue weighted by Crippen LogP contribution is 2.38. The van der Waals surface area contributed by atoms with Crippen molar-refractivity contribution in [1.29, 1.82) is 0 Å². The van der Waals surface area contributed by atoms with Gasteiger partial charge < -0.3 is 20.9 Å². The van der Waals surface area contributed by atoms with Crippen LogP contribution < -0.4 is 20.9 Å². The van der Waals surface area contributed by atoms with Gasteiger partial charge in [-0.2, -0.15) is 13.2 Å². The summed E-state index contributed by atoms with van der Waals surface area (Å²) in [6.45, 7) is 1.16. The molecule has 2 bridgehead atoms. The van der Waals surface area contributed by atoms with Crippen molar-refractivity contribution >= 4 is 28.9 Å². The number of pyridine rings is 1. The van der Waals surface area contributed by atoms with Crippen molar-refractivity contribution in [3.05, 3.63) is 90.5 Å². The van der Waals surface area contributed by atoms with Gasteiger partial charge in [-0.15, -0.1) is 0 Å². The molecule has 2 fully saturated rings. The molecule has 2 aromatic carbocycles. The lowest BCUT2D eigenvalue weighted by atomic mass is 10.1. The number of hydrogen-bond acceptors (Lipinski definition) is 7. The Morgan fingerprint density at radius 3 is 2.33 bits per heavy atom. The Hall–Kier alpha value is -4.67. The zero-order chi connectivity index (χ0) is 27.1. The monoisotopic (exact) mass is 531 g/mol. The quantitative estimate of drug-likeness (QED) is 0.355. The second-order valence-corrected chi connectivity index (χ2v) is 9.66. The predicted molar refractivity (Wildman–Crippen MR) is 142 cm³/mol. The summed E-state index contributed by atoms with van der Waals surface area (Å²) in [7, 11) is 0. The Bertz CT molecular complexity index is 1510. The standard InChI is InChI=1S/C28H24F3N7O/c29-28(30,31)20-2-1-3-21(11-20)37-15-23-12-22(37)16-38(23)27-34-13-19(14-35-27)26(39)36-25-10-18(4-5-24(25)32)17-6-8-33-9-7-17/h1-11,13-14,22-23H,12,15-16,32H2,(H,36,39). The molecule has 2 aliphatic rings. The molecule has 0 aliphatic carbocycles. The van der Waals surface area contributed by atoms with E-state index in [-0.39, 0.29) is 17.6 Å². The zero-order valence-corrected chi connectivity index (χ0v) is 20.6. The summed E-state index contributed by atoms with van der Waals surface area (Å²) >= 11 is 0. The average molecular weight is 532 g/mol. The molecule has 4 heterocycles. The Kier molecular flexibility index (Phi) is 6.05. The predicted octanol–water partition coefficient (Wildman–Crippen LogP) is 4.86. The molecule has 3 N–H and O–H groups in total. The highest BCUT2D eigenvalue weighted by Gasteiger charge is 2.44. The van der Waals surface area contributed by atoms with Crippen molar-refractivity contribution in [3.63, 3.8) is 0 Å². The van der Waals surface area contributed by atoms with Crippen LogP contribution in [0.25, 0.3) is 11.1 Å². The molecule has 2 aliphatic heterocycles. The van der Waals surface area contributed by atoms with E-state index < -0.39 is 17.6 Å². The number of nitrogens with zero attached hydrogens (tertiary/aromatic N) is 5. The number of fused-ring (bicyclic) bond motifs is 2. The maximum atomic E-state index is 13.2. The molecule has 0 saturated carbocycles. The molecule has 2 aromatic heterocycles. The van der Waals surface area contributed by atoms with Crippen molar-refractivity contribution in [3.8, 4) is 11.1 Å². The second-order valence-electron chi connectivity index (χ2n) is 9.66. The van der Waals surface area contributed by atoms with E-state index in [1.165, 1.54) is 24.5 Å². The van der Waals surface area contributed by atoms with E-state index in [1.54, 1.807) is 30.6 Å². The van der Waals surface area contributed by atoms with Crippen molar-refractivity contribution in [2.45, 2.75) is 24.7 Å². The summed E-state index contributed by atoms with van der Waals surface area (Å²) in [5, 5.41) is 2.83. The SMILES string of the molecule is Nc1ccc(-c2ccncc2)cc1NC(=O)c1cnc(N2CC3CC2CN3c2cccc(C(F)(F)F)c2)nc1. The number of amides is 1. The molecule has 2 unspecified atom stereocenters. The van der Waals surface area contributed by atoms with Gasteiger partial charge in [-0.25, -0.2) is 9.97 Å². The van der Waals surface area contributed by atoms with E-state index in [2.05, 4.69) is 20.3 Å². The van der Waals surface area contributed by atoms with Crippen LogP contribution >= 0.6 is 0 Å². The number of hydrogen-bond donors (Lipinski definition) is 2. The maximum Gasteiger partial charge on any atom is 0.416 e. The Morgan fingerprint density at radius 2 is 1.64 bits per heavy atom. The van der Waals surface area contributed by atoms with Crippen LogP contribution in [-0.4, -0.2) is 46.0 Å². The van der Waals surface area contributed by atoms with Crippen LogP contribution in [-0.2, 0) is 6.18 Å². The molecule has 6 rings (SSSR count). The summed E-state index contributed by atoms with van der Waals surface area (Å²) in [4.78, 5) is 29.8. The highest BCUT2D eigenvalue weighted by atomic mass is 19.4. The lowest BCUT2D eigenvalue weighted by Gasteiger charge is -2.35. The van der Waals surface area contributed by atoms with E-state index in [4.69, 9.17) is 5.73 Å². The van der Waals surface area contributed by atoms with Gasteiger partial charge in [-0.3, -0.25) is 9.78 Å². The minimum Gasteiger partial charge on any atom is -0.397 e. The molecule has 8 nitrogen and oxygen atoms in total. The minimum atomic E-state index is -4.38. The molecule has 11 heteroatoms. The number of rotatable bonds is 5. The van der Waals surface area contributed by atoms with Crippen molar-refractivity contribution in [2.75, 3.05) is 33.9 Å². The molecule has 1 amide bonds. The number of piperazine rings is 1. The number of carbonyl (C=O) groups excluding carboxylic acids is 1. The number of alkyl halides is 3. The van der Waals surface area contributed by atoms with Gasteiger partial charge in [-0.05, 0) is 60.0 Å². The summed E-state index contributed by atoms with van der Waals surface area (Å²) in [6.07, 6.45) is 2.75. The number of aromatic nitrogens is 3. The topological polar surface area (TPSA) is 100 Å². The number of carbonyl (C=O) groups is 1. The van der Waals surface area contributed by atoms with Gasteiger partial charge in [0.15, 0.2) is 0 Å². The van der Waals surface area contributed by atoms with Crippen LogP contribution in [0.1, 0.15) is 22.3 Å². The van der Waals surface area contributed by atoms with Gasteiger partial charge >= 0.3 is 6.18 Å². The molecular formula is C28H24F3N7O. The molecular weight excluding hydrogens is 507 g/mol. The Labute approximate surface area is 222 Å². The molecule has 0 spiro atoms. The smallest absolute Gasteiger partial charge is 0.397 e. The summed E-state index contributed by atoms with van der Waals surface area (Å²) in [5.74, 6) is 0.0979. The van der Waals surface area contributed by atoms with Crippen LogP contribution in [0.15, 0.2) is 79.4 Å². The van der Waals surface area contributed by atoms with E-state index in [0.29, 0.717) is 36.1 Å². The lowest BCUT2D eigenvalue weighted by Crippen LogP contribution is -2.47. The van der Waals surface area contributed by atoms with Crippen LogP contribution in [0.3, 0.4) is 0 Å². The number of nitrogen functional groups attached to an aromatic ring is 1. The van der Waals surface area contributed by atoms with Crippen molar-refractivity contribution in [1.82, 2.24) is 15.0 Å². The van der Waals surface area contributed by atoms with Crippen LogP contribution in [0, 0.1) is 0 Å². The Morgan fingerprint density at radius 1 is 0.923 bits per heavy atom. The van der Waals surface area contributed by atoms with Gasteiger partial charge in [0.25, 0.3) is 5.91 Å². The first kappa shape index (κ1) is 24.7. The third-order valence-electron chi connectivity index (χ3n) is 7.22. The molecule has 39 heavy (non-hydrogen) atoms. The fourth-order valence-corrected chi connectivity index (χ4v) is 5.26. The fraction of sp³-hybridized carbons (Fsp3) is 0.214. The van der Waals surface area contributed by atoms with Crippen molar-refractivity contribution in [2.24, 2.45) is 0 Å².